The fourth-order valence-corrected chi connectivity index (χ4v) is 3.39. The van der Waals surface area contributed by atoms with Crippen LogP contribution in [0.2, 0.25) is 0 Å². The van der Waals surface area contributed by atoms with Crippen LogP contribution in [0.4, 0.5) is 5.69 Å². The van der Waals surface area contributed by atoms with E-state index in [0.29, 0.717) is 22.9 Å². The molecule has 0 aliphatic carbocycles. The van der Waals surface area contributed by atoms with Gasteiger partial charge in [-0.1, -0.05) is 5.92 Å². The summed E-state index contributed by atoms with van der Waals surface area (Å²) in [4.78, 5) is 17.7. The highest BCUT2D eigenvalue weighted by atomic mass is 32.2. The van der Waals surface area contributed by atoms with Crippen molar-refractivity contribution in [2.45, 2.75) is 6.92 Å². The first kappa shape index (κ1) is 14.7. The highest BCUT2D eigenvalue weighted by Gasteiger charge is 2.17. The Morgan fingerprint density at radius 3 is 3.15 bits per heavy atom. The molecule has 6 heteroatoms. The number of thioether (sulfide) groups is 1. The smallest absolute Gasteiger partial charge is 0.263 e. The van der Waals surface area contributed by atoms with Gasteiger partial charge in [-0.3, -0.25) is 4.79 Å². The van der Waals surface area contributed by atoms with Crippen LogP contribution in [0.15, 0.2) is 12.3 Å². The fraction of sp³-hybridized carbons (Fsp3) is 0.286. The number of nitrogens with two attached hydrogens (primary N) is 1. The second kappa shape index (κ2) is 6.64. The number of nitrogens with one attached hydrogen (secondary N) is 1. The first-order chi connectivity index (χ1) is 9.65. The van der Waals surface area contributed by atoms with E-state index in [1.54, 1.807) is 18.0 Å². The van der Waals surface area contributed by atoms with Gasteiger partial charge in [0.15, 0.2) is 0 Å². The number of rotatable bonds is 5. The number of aryl methyl sites for hydroxylation is 1. The van der Waals surface area contributed by atoms with E-state index in [0.717, 1.165) is 21.5 Å². The van der Waals surface area contributed by atoms with E-state index in [4.69, 9.17) is 12.2 Å². The van der Waals surface area contributed by atoms with Crippen molar-refractivity contribution >= 4 is 44.9 Å². The summed E-state index contributed by atoms with van der Waals surface area (Å²) in [6.07, 6.45) is 6.89. The van der Waals surface area contributed by atoms with Crippen molar-refractivity contribution in [1.29, 1.82) is 0 Å². The van der Waals surface area contributed by atoms with Gasteiger partial charge >= 0.3 is 0 Å². The number of pyridine rings is 1. The molecular formula is C14H15N3OS2. The minimum atomic E-state index is -0.147. The summed E-state index contributed by atoms with van der Waals surface area (Å²) in [5, 5.41) is 3.73. The van der Waals surface area contributed by atoms with E-state index in [-0.39, 0.29) is 5.91 Å². The maximum Gasteiger partial charge on any atom is 0.263 e. The number of carbonyl (C=O) groups is 1. The van der Waals surface area contributed by atoms with Crippen LogP contribution in [0.5, 0.6) is 0 Å². The minimum absolute atomic E-state index is 0.147. The molecule has 0 aromatic carbocycles. The molecule has 0 saturated heterocycles. The summed E-state index contributed by atoms with van der Waals surface area (Å²) < 4.78 is 0. The molecule has 0 fully saturated rings. The van der Waals surface area contributed by atoms with Gasteiger partial charge in [0.25, 0.3) is 5.91 Å². The normalized spacial score (nSPS) is 10.4. The molecular weight excluding hydrogens is 290 g/mol. The number of hydrogen-bond acceptors (Lipinski definition) is 5. The molecule has 2 aromatic heterocycles. The molecule has 2 heterocycles. The summed E-state index contributed by atoms with van der Waals surface area (Å²) in [6, 6.07) is 1.89. The molecule has 1 amide bonds. The van der Waals surface area contributed by atoms with Gasteiger partial charge in [0, 0.05) is 23.9 Å². The van der Waals surface area contributed by atoms with Crippen molar-refractivity contribution in [2.75, 3.05) is 23.8 Å². The minimum Gasteiger partial charge on any atom is -0.397 e. The average Bonchev–Trinajstić information content (AvgIpc) is 2.77. The zero-order chi connectivity index (χ0) is 14.5. The number of fused-ring (bicyclic) bond motifs is 1. The Morgan fingerprint density at radius 1 is 1.65 bits per heavy atom. The Balaban J connectivity index is 2.09. The van der Waals surface area contributed by atoms with Gasteiger partial charge in [0.1, 0.15) is 9.71 Å². The molecule has 0 atom stereocenters. The number of anilines is 1. The Kier molecular flexibility index (Phi) is 4.88. The van der Waals surface area contributed by atoms with Crippen molar-refractivity contribution in [2.24, 2.45) is 0 Å². The Morgan fingerprint density at radius 2 is 2.45 bits per heavy atom. The molecule has 0 aliphatic heterocycles. The first-order valence-corrected chi connectivity index (χ1v) is 8.05. The van der Waals surface area contributed by atoms with Crippen LogP contribution in [-0.2, 0) is 0 Å². The zero-order valence-electron chi connectivity index (χ0n) is 11.1. The first-order valence-electron chi connectivity index (χ1n) is 6.08. The number of amides is 1. The molecule has 0 unspecified atom stereocenters. The largest absolute Gasteiger partial charge is 0.397 e. The van der Waals surface area contributed by atoms with Gasteiger partial charge in [-0.15, -0.1) is 29.5 Å². The number of hydrogen-bond donors (Lipinski definition) is 2. The van der Waals surface area contributed by atoms with Crippen LogP contribution < -0.4 is 11.1 Å². The molecule has 0 saturated carbocycles. The Bertz CT molecular complexity index is 673. The highest BCUT2D eigenvalue weighted by molar-refractivity contribution is 7.99. The van der Waals surface area contributed by atoms with Crippen LogP contribution in [0.1, 0.15) is 15.2 Å². The number of terminal acetylenes is 1. The zero-order valence-corrected chi connectivity index (χ0v) is 12.7. The summed E-state index contributed by atoms with van der Waals surface area (Å²) in [7, 11) is 0. The number of nitrogens with zero attached hydrogens (tertiary/aromatic N) is 1. The van der Waals surface area contributed by atoms with E-state index in [1.165, 1.54) is 11.3 Å². The van der Waals surface area contributed by atoms with Gasteiger partial charge < -0.3 is 11.1 Å². The third kappa shape index (κ3) is 3.06. The molecule has 0 spiro atoms. The maximum absolute atomic E-state index is 12.1. The number of thiophene rings is 1. The summed E-state index contributed by atoms with van der Waals surface area (Å²) >= 11 is 2.94. The lowest BCUT2D eigenvalue weighted by atomic mass is 10.2. The van der Waals surface area contributed by atoms with E-state index in [9.17, 15) is 4.79 Å². The second-order valence-corrected chi connectivity index (χ2v) is 6.27. The lowest BCUT2D eigenvalue weighted by Gasteiger charge is -2.03. The Hall–Kier alpha value is -1.71. The highest BCUT2D eigenvalue weighted by Crippen LogP contribution is 2.34. The standard InChI is InChI=1S/C14H15N3OS2/c1-3-7-19-8-6-16-13(18)12-11(15)10-9(2)4-5-17-14(10)20-12/h1,4-5H,6-8,15H2,2H3,(H,16,18). The molecule has 20 heavy (non-hydrogen) atoms. The van der Waals surface area contributed by atoms with E-state index < -0.39 is 0 Å². The molecule has 2 rings (SSSR count). The second-order valence-electron chi connectivity index (χ2n) is 4.17. The number of carbonyl (C=O) groups excluding carboxylic acids is 1. The monoisotopic (exact) mass is 305 g/mol. The number of aromatic nitrogens is 1. The van der Waals surface area contributed by atoms with Crippen LogP contribution in [0.3, 0.4) is 0 Å². The lowest BCUT2D eigenvalue weighted by molar-refractivity contribution is 0.0961. The van der Waals surface area contributed by atoms with Gasteiger partial charge in [-0.25, -0.2) is 4.98 Å². The van der Waals surface area contributed by atoms with Crippen molar-refractivity contribution in [3.8, 4) is 12.3 Å². The third-order valence-electron chi connectivity index (χ3n) is 2.76. The molecule has 0 aliphatic rings. The van der Waals surface area contributed by atoms with Crippen molar-refractivity contribution in [1.82, 2.24) is 10.3 Å². The third-order valence-corrected chi connectivity index (χ3v) is 4.74. The van der Waals surface area contributed by atoms with Crippen LogP contribution in [0.25, 0.3) is 10.2 Å². The van der Waals surface area contributed by atoms with E-state index in [2.05, 4.69) is 16.2 Å². The van der Waals surface area contributed by atoms with Gasteiger partial charge in [-0.05, 0) is 18.6 Å². The van der Waals surface area contributed by atoms with Gasteiger partial charge in [0.05, 0.1) is 11.4 Å². The lowest BCUT2D eigenvalue weighted by Crippen LogP contribution is -2.25. The van der Waals surface area contributed by atoms with Crippen molar-refractivity contribution in [3.05, 3.63) is 22.7 Å². The molecule has 104 valence electrons. The predicted octanol–water partition coefficient (Wildman–Crippen LogP) is 2.28. The molecule has 4 nitrogen and oxygen atoms in total. The topological polar surface area (TPSA) is 68.0 Å². The van der Waals surface area contributed by atoms with E-state index in [1.807, 2.05) is 13.0 Å². The molecule has 0 bridgehead atoms. The van der Waals surface area contributed by atoms with Gasteiger partial charge in [-0.2, -0.15) is 0 Å². The fourth-order valence-electron chi connectivity index (χ4n) is 1.82. The van der Waals surface area contributed by atoms with Gasteiger partial charge in [0.2, 0.25) is 0 Å². The van der Waals surface area contributed by atoms with Crippen LogP contribution >= 0.6 is 23.1 Å². The summed E-state index contributed by atoms with van der Waals surface area (Å²) in [5.41, 5.74) is 7.62. The van der Waals surface area contributed by atoms with Crippen LogP contribution in [-0.4, -0.2) is 28.9 Å². The summed E-state index contributed by atoms with van der Waals surface area (Å²) in [5.74, 6) is 3.84. The Labute approximate surface area is 126 Å². The SMILES string of the molecule is C#CCSCCNC(=O)c1sc2nccc(C)c2c1N. The van der Waals surface area contributed by atoms with Crippen molar-refractivity contribution < 1.29 is 4.79 Å². The summed E-state index contributed by atoms with van der Waals surface area (Å²) in [6.45, 7) is 2.54. The van der Waals surface area contributed by atoms with Crippen LogP contribution in [0, 0.1) is 19.3 Å². The predicted molar refractivity (Wildman–Crippen MR) is 87.3 cm³/mol. The number of nitrogen functional groups attached to an aromatic ring is 1. The van der Waals surface area contributed by atoms with E-state index >= 15 is 0 Å². The average molecular weight is 305 g/mol. The quantitative estimate of drug-likeness (QED) is 0.657. The maximum atomic E-state index is 12.1. The molecule has 0 radical (unpaired) electrons. The van der Waals surface area contributed by atoms with Crippen molar-refractivity contribution in [3.63, 3.8) is 0 Å². The molecule has 2 aromatic rings. The molecule has 3 N–H and O–H groups in total.